The maximum absolute atomic E-state index is 12.7. The number of rotatable bonds is 8. The molecular weight excluding hydrogens is 424 g/mol. The lowest BCUT2D eigenvalue weighted by atomic mass is 9.84. The molecule has 4 unspecified atom stereocenters. The molecule has 0 radical (unpaired) electrons. The third-order valence-corrected chi connectivity index (χ3v) is 8.16. The van der Waals surface area contributed by atoms with Crippen molar-refractivity contribution < 1.29 is 17.9 Å². The highest BCUT2D eigenvalue weighted by molar-refractivity contribution is 7.92. The van der Waals surface area contributed by atoms with Crippen molar-refractivity contribution >= 4 is 27.7 Å². The molecule has 0 aliphatic heterocycles. The summed E-state index contributed by atoms with van der Waals surface area (Å²) in [6.45, 7) is 2.10. The van der Waals surface area contributed by atoms with Gasteiger partial charge in [-0.3, -0.25) is 9.52 Å². The van der Waals surface area contributed by atoms with E-state index in [9.17, 15) is 13.2 Å². The number of sulfonamides is 1. The van der Waals surface area contributed by atoms with Crippen LogP contribution in [0.2, 0.25) is 0 Å². The van der Waals surface area contributed by atoms with Crippen molar-refractivity contribution in [3.8, 4) is 5.75 Å². The molecule has 2 aromatic carbocycles. The summed E-state index contributed by atoms with van der Waals surface area (Å²) in [5, 5.41) is 3.11. The van der Waals surface area contributed by atoms with Crippen LogP contribution in [0.4, 0.5) is 5.69 Å². The summed E-state index contributed by atoms with van der Waals surface area (Å²) in [6, 6.07) is 13.4. The highest BCUT2D eigenvalue weighted by Crippen LogP contribution is 2.49. The van der Waals surface area contributed by atoms with E-state index in [0.29, 0.717) is 17.4 Å². The van der Waals surface area contributed by atoms with Gasteiger partial charge >= 0.3 is 0 Å². The zero-order chi connectivity index (χ0) is 22.7. The lowest BCUT2D eigenvalue weighted by molar-refractivity contribution is -0.117. The fourth-order valence-corrected chi connectivity index (χ4v) is 6.22. The van der Waals surface area contributed by atoms with Gasteiger partial charge < -0.3 is 10.1 Å². The molecule has 2 N–H and O–H groups in total. The number of nitrogens with one attached hydrogen (secondary N) is 2. The highest BCUT2D eigenvalue weighted by Gasteiger charge is 2.41. The van der Waals surface area contributed by atoms with Crippen LogP contribution in [0.15, 0.2) is 59.5 Å². The van der Waals surface area contributed by atoms with Crippen LogP contribution >= 0.6 is 0 Å². The number of para-hydroxylation sites is 2. The molecule has 4 atom stereocenters. The summed E-state index contributed by atoms with van der Waals surface area (Å²) in [4.78, 5) is 12.5. The number of benzene rings is 2. The van der Waals surface area contributed by atoms with Gasteiger partial charge in [0.25, 0.3) is 10.0 Å². The summed E-state index contributed by atoms with van der Waals surface area (Å²) in [5.74, 6) is 2.54. The standard InChI is InChI=1S/C25H30N2O4S/c1-17(22-16-19-7-11-20(22)15-19)26-25(28)14-10-18-8-12-21(13-9-18)32(29,30)27-23-5-3-4-6-24(23)31-2/h3-6,8-10,12-14,17,19-20,22,27H,7,11,15-16H2,1-2H3,(H,26,28)/b14-10+. The van der Waals surface area contributed by atoms with Crippen LogP contribution in [0.3, 0.4) is 0 Å². The van der Waals surface area contributed by atoms with Gasteiger partial charge in [0, 0.05) is 12.1 Å². The largest absolute Gasteiger partial charge is 0.495 e. The fourth-order valence-electron chi connectivity index (χ4n) is 5.15. The average molecular weight is 455 g/mol. The van der Waals surface area contributed by atoms with E-state index in [4.69, 9.17) is 4.74 Å². The minimum atomic E-state index is -3.76. The third kappa shape index (κ3) is 4.99. The van der Waals surface area contributed by atoms with E-state index >= 15 is 0 Å². The Morgan fingerprint density at radius 2 is 1.84 bits per heavy atom. The molecule has 32 heavy (non-hydrogen) atoms. The molecule has 6 nitrogen and oxygen atoms in total. The van der Waals surface area contributed by atoms with Gasteiger partial charge in [-0.2, -0.15) is 0 Å². The highest BCUT2D eigenvalue weighted by atomic mass is 32.2. The molecule has 1 amide bonds. The second kappa shape index (κ2) is 9.36. The van der Waals surface area contributed by atoms with Crippen LogP contribution in [-0.4, -0.2) is 27.5 Å². The smallest absolute Gasteiger partial charge is 0.262 e. The third-order valence-electron chi connectivity index (χ3n) is 6.77. The van der Waals surface area contributed by atoms with Crippen LogP contribution in [0.1, 0.15) is 38.2 Å². The molecule has 0 saturated heterocycles. The minimum Gasteiger partial charge on any atom is -0.495 e. The first-order valence-electron chi connectivity index (χ1n) is 11.1. The molecule has 2 aliphatic carbocycles. The summed E-state index contributed by atoms with van der Waals surface area (Å²) in [5.41, 5.74) is 1.13. The van der Waals surface area contributed by atoms with E-state index in [2.05, 4.69) is 17.0 Å². The van der Waals surface area contributed by atoms with Crippen molar-refractivity contribution in [2.75, 3.05) is 11.8 Å². The van der Waals surface area contributed by atoms with Gasteiger partial charge in [-0.1, -0.05) is 30.7 Å². The predicted molar refractivity (Wildman–Crippen MR) is 126 cm³/mol. The van der Waals surface area contributed by atoms with Crippen molar-refractivity contribution in [3.63, 3.8) is 0 Å². The topological polar surface area (TPSA) is 84.5 Å². The first-order chi connectivity index (χ1) is 15.4. The number of hydrogen-bond donors (Lipinski definition) is 2. The Hall–Kier alpha value is -2.80. The van der Waals surface area contributed by atoms with E-state index in [1.54, 1.807) is 42.5 Å². The molecule has 2 saturated carbocycles. The zero-order valence-corrected chi connectivity index (χ0v) is 19.3. The quantitative estimate of drug-likeness (QED) is 0.577. The number of amides is 1. The van der Waals surface area contributed by atoms with E-state index in [0.717, 1.165) is 17.4 Å². The Balaban J connectivity index is 1.35. The molecule has 170 valence electrons. The Morgan fingerprint density at radius 3 is 2.50 bits per heavy atom. The number of fused-ring (bicyclic) bond motifs is 2. The Kier molecular flexibility index (Phi) is 6.55. The van der Waals surface area contributed by atoms with Crippen molar-refractivity contribution in [3.05, 3.63) is 60.2 Å². The number of methoxy groups -OCH3 is 1. The van der Waals surface area contributed by atoms with Gasteiger partial charge in [-0.25, -0.2) is 8.42 Å². The monoisotopic (exact) mass is 454 g/mol. The van der Waals surface area contributed by atoms with Gasteiger partial charge in [0.05, 0.1) is 17.7 Å². The Morgan fingerprint density at radius 1 is 1.09 bits per heavy atom. The van der Waals surface area contributed by atoms with Gasteiger partial charge in [0.15, 0.2) is 0 Å². The number of carbonyl (C=O) groups excluding carboxylic acids is 1. The van der Waals surface area contributed by atoms with E-state index < -0.39 is 10.0 Å². The summed E-state index contributed by atoms with van der Waals surface area (Å²) in [7, 11) is -2.27. The van der Waals surface area contributed by atoms with Crippen molar-refractivity contribution in [1.82, 2.24) is 5.32 Å². The molecule has 2 bridgehead atoms. The molecule has 2 aliphatic rings. The minimum absolute atomic E-state index is 0.116. The predicted octanol–water partition coefficient (Wildman–Crippen LogP) is 4.45. The maximum atomic E-state index is 12.7. The van der Waals surface area contributed by atoms with Crippen LogP contribution < -0.4 is 14.8 Å². The first kappa shape index (κ1) is 22.4. The zero-order valence-electron chi connectivity index (χ0n) is 18.5. The lowest BCUT2D eigenvalue weighted by Gasteiger charge is -2.28. The molecular formula is C25H30N2O4S. The van der Waals surface area contributed by atoms with Gasteiger partial charge in [0.1, 0.15) is 5.75 Å². The normalized spacial score (nSPS) is 23.2. The second-order valence-electron chi connectivity index (χ2n) is 8.84. The Labute approximate surface area is 190 Å². The SMILES string of the molecule is COc1ccccc1NS(=O)(=O)c1ccc(/C=C/C(=O)NC(C)C2CC3CCC2C3)cc1. The van der Waals surface area contributed by atoms with Crippen LogP contribution in [0.25, 0.3) is 6.08 Å². The lowest BCUT2D eigenvalue weighted by Crippen LogP contribution is -2.39. The molecule has 7 heteroatoms. The second-order valence-corrected chi connectivity index (χ2v) is 10.5. The molecule has 0 spiro atoms. The summed E-state index contributed by atoms with van der Waals surface area (Å²) < 4.78 is 33.1. The van der Waals surface area contributed by atoms with Gasteiger partial charge in [-0.05, 0) is 79.8 Å². The summed E-state index contributed by atoms with van der Waals surface area (Å²) in [6.07, 6.45) is 8.41. The van der Waals surface area contributed by atoms with Gasteiger partial charge in [-0.15, -0.1) is 0 Å². The number of anilines is 1. The molecule has 2 aromatic rings. The van der Waals surface area contributed by atoms with E-state index in [1.165, 1.54) is 51.0 Å². The first-order valence-corrected chi connectivity index (χ1v) is 12.6. The summed E-state index contributed by atoms with van der Waals surface area (Å²) >= 11 is 0. The average Bonchev–Trinajstić information content (AvgIpc) is 3.42. The molecule has 0 heterocycles. The van der Waals surface area contributed by atoms with Crippen LogP contribution in [0.5, 0.6) is 5.75 Å². The number of ether oxygens (including phenoxy) is 1. The number of hydrogen-bond acceptors (Lipinski definition) is 4. The van der Waals surface area contributed by atoms with E-state index in [1.807, 2.05) is 0 Å². The van der Waals surface area contributed by atoms with Crippen LogP contribution in [-0.2, 0) is 14.8 Å². The van der Waals surface area contributed by atoms with Crippen molar-refractivity contribution in [2.45, 2.75) is 43.5 Å². The van der Waals surface area contributed by atoms with Crippen LogP contribution in [0, 0.1) is 17.8 Å². The van der Waals surface area contributed by atoms with Crippen molar-refractivity contribution in [2.24, 2.45) is 17.8 Å². The fraction of sp³-hybridized carbons (Fsp3) is 0.400. The van der Waals surface area contributed by atoms with Crippen molar-refractivity contribution in [1.29, 1.82) is 0 Å². The number of carbonyl (C=O) groups is 1. The van der Waals surface area contributed by atoms with E-state index in [-0.39, 0.29) is 16.8 Å². The maximum Gasteiger partial charge on any atom is 0.262 e. The Bertz CT molecular complexity index is 1100. The molecule has 4 rings (SSSR count). The van der Waals surface area contributed by atoms with Gasteiger partial charge in [0.2, 0.25) is 5.91 Å². The molecule has 0 aromatic heterocycles. The molecule has 2 fully saturated rings.